The molecule has 170 valence electrons. The summed E-state index contributed by atoms with van der Waals surface area (Å²) in [6, 6.07) is 9.49. The molecule has 1 heterocycles. The van der Waals surface area contributed by atoms with E-state index in [0.29, 0.717) is 17.9 Å². The average Bonchev–Trinajstić information content (AvgIpc) is 2.79. The van der Waals surface area contributed by atoms with Gasteiger partial charge in [-0.05, 0) is 55.4 Å². The second-order valence-electron chi connectivity index (χ2n) is 7.81. The normalized spacial score (nSPS) is 12.4. The Bertz CT molecular complexity index is 1010. The van der Waals surface area contributed by atoms with Crippen molar-refractivity contribution >= 4 is 34.3 Å². The summed E-state index contributed by atoms with van der Waals surface area (Å²) in [7, 11) is 0. The van der Waals surface area contributed by atoms with Gasteiger partial charge in [-0.1, -0.05) is 33.9 Å². The summed E-state index contributed by atoms with van der Waals surface area (Å²) in [5.41, 5.74) is 12.5. The lowest BCUT2D eigenvalue weighted by Gasteiger charge is -2.34. The SMILES string of the molecule is C=CN1c2ccc(OC(=O)CCC)cc2C(=C)c2c(NCCN(CC)CC)ccc(N)c21. The third-order valence-electron chi connectivity index (χ3n) is 5.81. The molecule has 0 atom stereocenters. The van der Waals surface area contributed by atoms with E-state index < -0.39 is 0 Å². The van der Waals surface area contributed by atoms with Crippen LogP contribution in [0.3, 0.4) is 0 Å². The fourth-order valence-electron chi connectivity index (χ4n) is 4.07. The van der Waals surface area contributed by atoms with E-state index in [0.717, 1.165) is 66.4 Å². The van der Waals surface area contributed by atoms with Crippen LogP contribution in [-0.4, -0.2) is 37.0 Å². The fourth-order valence-corrected chi connectivity index (χ4v) is 4.07. The van der Waals surface area contributed by atoms with E-state index in [4.69, 9.17) is 10.5 Å². The molecular weight excluding hydrogens is 400 g/mol. The van der Waals surface area contributed by atoms with Crippen LogP contribution in [0.1, 0.15) is 44.7 Å². The van der Waals surface area contributed by atoms with Gasteiger partial charge in [0.05, 0.1) is 17.1 Å². The summed E-state index contributed by atoms with van der Waals surface area (Å²) in [5.74, 6) is 0.272. The van der Waals surface area contributed by atoms with Crippen molar-refractivity contribution in [1.29, 1.82) is 0 Å². The van der Waals surface area contributed by atoms with Crippen molar-refractivity contribution in [3.8, 4) is 5.75 Å². The molecule has 32 heavy (non-hydrogen) atoms. The van der Waals surface area contributed by atoms with Crippen LogP contribution in [0.2, 0.25) is 0 Å². The second-order valence-corrected chi connectivity index (χ2v) is 7.81. The Kier molecular flexibility index (Phi) is 7.59. The molecule has 0 saturated carbocycles. The highest BCUT2D eigenvalue weighted by Gasteiger charge is 2.29. The highest BCUT2D eigenvalue weighted by molar-refractivity contribution is 6.05. The number of ether oxygens (including phenoxy) is 1. The van der Waals surface area contributed by atoms with E-state index in [1.165, 1.54) is 0 Å². The number of nitrogens with two attached hydrogens (primary N) is 1. The standard InChI is InChI=1S/C26H34N4O2/c1-6-10-24(31)32-19-11-14-23-20(17-19)18(5)25-22(28-15-16-29(7-2)8-3)13-12-21(27)26(25)30(23)9-4/h9,11-14,17,28H,4-8,10,15-16,27H2,1-3H3. The Balaban J connectivity index is 1.98. The van der Waals surface area contributed by atoms with Gasteiger partial charge < -0.3 is 25.6 Å². The number of nitrogens with one attached hydrogen (secondary N) is 1. The maximum atomic E-state index is 12.0. The van der Waals surface area contributed by atoms with Gasteiger partial charge in [-0.3, -0.25) is 4.79 Å². The zero-order valence-electron chi connectivity index (χ0n) is 19.4. The molecule has 3 rings (SSSR count). The Labute approximate surface area is 191 Å². The first kappa shape index (κ1) is 23.4. The van der Waals surface area contributed by atoms with Gasteiger partial charge in [-0.2, -0.15) is 0 Å². The summed E-state index contributed by atoms with van der Waals surface area (Å²) < 4.78 is 5.53. The molecule has 2 aromatic rings. The Morgan fingerprint density at radius 3 is 2.62 bits per heavy atom. The van der Waals surface area contributed by atoms with Crippen LogP contribution in [0.15, 0.2) is 49.7 Å². The number of benzene rings is 2. The maximum Gasteiger partial charge on any atom is 0.311 e. The van der Waals surface area contributed by atoms with Crippen LogP contribution in [0, 0.1) is 0 Å². The predicted molar refractivity (Wildman–Crippen MR) is 135 cm³/mol. The van der Waals surface area contributed by atoms with Crippen molar-refractivity contribution in [2.75, 3.05) is 42.1 Å². The zero-order chi connectivity index (χ0) is 23.3. The van der Waals surface area contributed by atoms with E-state index in [-0.39, 0.29) is 5.97 Å². The molecule has 0 saturated heterocycles. The molecule has 1 aliphatic heterocycles. The smallest absolute Gasteiger partial charge is 0.311 e. The van der Waals surface area contributed by atoms with E-state index in [2.05, 4.69) is 37.2 Å². The third-order valence-corrected chi connectivity index (χ3v) is 5.81. The number of nitrogens with zero attached hydrogens (tertiary/aromatic N) is 2. The van der Waals surface area contributed by atoms with Crippen molar-refractivity contribution in [3.05, 3.63) is 60.8 Å². The van der Waals surface area contributed by atoms with Crippen LogP contribution < -0.4 is 20.7 Å². The van der Waals surface area contributed by atoms with Crippen molar-refractivity contribution in [3.63, 3.8) is 0 Å². The Morgan fingerprint density at radius 2 is 1.97 bits per heavy atom. The zero-order valence-corrected chi connectivity index (χ0v) is 19.4. The van der Waals surface area contributed by atoms with E-state index >= 15 is 0 Å². The van der Waals surface area contributed by atoms with Crippen molar-refractivity contribution in [1.82, 2.24) is 4.90 Å². The van der Waals surface area contributed by atoms with Crippen molar-refractivity contribution < 1.29 is 9.53 Å². The van der Waals surface area contributed by atoms with E-state index in [9.17, 15) is 4.79 Å². The maximum absolute atomic E-state index is 12.0. The molecule has 0 aromatic heterocycles. The summed E-state index contributed by atoms with van der Waals surface area (Å²) >= 11 is 0. The number of fused-ring (bicyclic) bond motifs is 2. The summed E-state index contributed by atoms with van der Waals surface area (Å²) in [5, 5.41) is 3.56. The average molecular weight is 435 g/mol. The number of nitrogen functional groups attached to an aromatic ring is 1. The molecule has 6 nitrogen and oxygen atoms in total. The van der Waals surface area contributed by atoms with Gasteiger partial charge in [0.25, 0.3) is 0 Å². The lowest BCUT2D eigenvalue weighted by Crippen LogP contribution is -2.29. The molecule has 0 amide bonds. The lowest BCUT2D eigenvalue weighted by molar-refractivity contribution is -0.134. The molecular formula is C26H34N4O2. The van der Waals surface area contributed by atoms with Crippen LogP contribution in [0.4, 0.5) is 22.7 Å². The largest absolute Gasteiger partial charge is 0.427 e. The molecule has 3 N–H and O–H groups in total. The number of hydrogen-bond acceptors (Lipinski definition) is 6. The third kappa shape index (κ3) is 4.65. The molecule has 2 aromatic carbocycles. The summed E-state index contributed by atoms with van der Waals surface area (Å²) in [6.07, 6.45) is 2.88. The van der Waals surface area contributed by atoms with E-state index in [1.54, 1.807) is 12.3 Å². The molecule has 0 radical (unpaired) electrons. The Morgan fingerprint density at radius 1 is 1.22 bits per heavy atom. The second kappa shape index (κ2) is 10.4. The molecule has 0 aliphatic carbocycles. The topological polar surface area (TPSA) is 70.8 Å². The summed E-state index contributed by atoms with van der Waals surface area (Å²) in [4.78, 5) is 16.3. The molecule has 0 fully saturated rings. The van der Waals surface area contributed by atoms with Gasteiger partial charge >= 0.3 is 5.97 Å². The number of rotatable bonds is 10. The predicted octanol–water partition coefficient (Wildman–Crippen LogP) is 5.38. The first-order valence-electron chi connectivity index (χ1n) is 11.3. The highest BCUT2D eigenvalue weighted by Crippen LogP contribution is 2.50. The van der Waals surface area contributed by atoms with Crippen molar-refractivity contribution in [2.24, 2.45) is 0 Å². The first-order valence-corrected chi connectivity index (χ1v) is 11.3. The Hall–Kier alpha value is -3.25. The summed E-state index contributed by atoms with van der Waals surface area (Å²) in [6.45, 7) is 18.5. The monoisotopic (exact) mass is 434 g/mol. The van der Waals surface area contributed by atoms with Gasteiger partial charge in [-0.15, -0.1) is 0 Å². The fraction of sp³-hybridized carbons (Fsp3) is 0.346. The van der Waals surface area contributed by atoms with Gasteiger partial charge in [0, 0.05) is 42.5 Å². The van der Waals surface area contributed by atoms with E-state index in [1.807, 2.05) is 36.1 Å². The van der Waals surface area contributed by atoms with Crippen LogP contribution in [0.5, 0.6) is 5.75 Å². The van der Waals surface area contributed by atoms with Crippen LogP contribution in [-0.2, 0) is 4.79 Å². The first-order chi connectivity index (χ1) is 15.4. The minimum Gasteiger partial charge on any atom is -0.427 e. The van der Waals surface area contributed by atoms with Crippen molar-refractivity contribution in [2.45, 2.75) is 33.6 Å². The van der Waals surface area contributed by atoms with Gasteiger partial charge in [-0.25, -0.2) is 0 Å². The number of anilines is 4. The van der Waals surface area contributed by atoms with Crippen LogP contribution in [0.25, 0.3) is 5.57 Å². The molecule has 1 aliphatic rings. The molecule has 0 unspecified atom stereocenters. The molecule has 6 heteroatoms. The van der Waals surface area contributed by atoms with Gasteiger partial charge in [0.2, 0.25) is 0 Å². The number of carbonyl (C=O) groups excluding carboxylic acids is 1. The quantitative estimate of drug-likeness (QED) is 0.297. The highest BCUT2D eigenvalue weighted by atomic mass is 16.5. The number of likely N-dealkylation sites (N-methyl/N-ethyl adjacent to an activating group) is 1. The lowest BCUT2D eigenvalue weighted by atomic mass is 9.89. The number of hydrogen-bond donors (Lipinski definition) is 2. The van der Waals surface area contributed by atoms with Gasteiger partial charge in [0.15, 0.2) is 0 Å². The van der Waals surface area contributed by atoms with Gasteiger partial charge in [0.1, 0.15) is 5.75 Å². The minimum absolute atomic E-state index is 0.238. The number of carbonyl (C=O) groups is 1. The van der Waals surface area contributed by atoms with Crippen LogP contribution >= 0.6 is 0 Å². The molecule has 0 spiro atoms. The molecule has 0 bridgehead atoms. The minimum atomic E-state index is -0.238. The number of esters is 1.